The van der Waals surface area contributed by atoms with Crippen LogP contribution in [0, 0.1) is 6.92 Å². The predicted octanol–water partition coefficient (Wildman–Crippen LogP) is 2.78. The number of fused-ring (bicyclic) bond motifs is 1. The Morgan fingerprint density at radius 1 is 1.18 bits per heavy atom. The van der Waals surface area contributed by atoms with Gasteiger partial charge in [-0.2, -0.15) is 5.10 Å². The van der Waals surface area contributed by atoms with Crippen LogP contribution in [0.1, 0.15) is 28.0 Å². The molecule has 1 aromatic carbocycles. The van der Waals surface area contributed by atoms with Gasteiger partial charge in [-0.1, -0.05) is 29.8 Å². The van der Waals surface area contributed by atoms with Gasteiger partial charge in [-0.05, 0) is 24.1 Å². The number of rotatable bonds is 1. The Bertz CT molecular complexity index is 605. The lowest BCUT2D eigenvalue weighted by atomic mass is 9.97. The molecule has 0 radical (unpaired) electrons. The monoisotopic (exact) mass is 224 g/mol. The Morgan fingerprint density at radius 2 is 1.94 bits per heavy atom. The highest BCUT2D eigenvalue weighted by Gasteiger charge is 2.19. The van der Waals surface area contributed by atoms with Gasteiger partial charge in [0.1, 0.15) is 5.69 Å². The number of hydrogen-bond donors (Lipinski definition) is 0. The van der Waals surface area contributed by atoms with Gasteiger partial charge >= 0.3 is 0 Å². The van der Waals surface area contributed by atoms with Gasteiger partial charge in [-0.3, -0.25) is 4.79 Å². The average molecular weight is 224 g/mol. The molecule has 0 N–H and O–H groups in total. The molecular formula is C14H12N2O. The first-order valence-electron chi connectivity index (χ1n) is 5.58. The third-order valence-electron chi connectivity index (χ3n) is 3.01. The molecule has 0 saturated carbocycles. The average Bonchev–Trinajstić information content (AvgIpc) is 2.78. The number of carbonyl (C=O) groups is 1. The summed E-state index contributed by atoms with van der Waals surface area (Å²) in [5, 5.41) is 4.12. The molecule has 0 atom stereocenters. The second kappa shape index (κ2) is 3.70. The molecule has 1 aromatic heterocycles. The predicted molar refractivity (Wildman–Crippen MR) is 66.5 cm³/mol. The van der Waals surface area contributed by atoms with Gasteiger partial charge in [0, 0.05) is 12.6 Å². The molecule has 0 fully saturated rings. The van der Waals surface area contributed by atoms with Crippen LogP contribution in [0.15, 0.2) is 36.5 Å². The number of carbonyl (C=O) groups excluding carboxylic acids is 1. The van der Waals surface area contributed by atoms with Crippen LogP contribution in [0.2, 0.25) is 0 Å². The quantitative estimate of drug-likeness (QED) is 0.746. The summed E-state index contributed by atoms with van der Waals surface area (Å²) in [6.07, 6.45) is 4.04. The molecule has 1 aliphatic rings. The normalized spacial score (nSPS) is 14.4. The van der Waals surface area contributed by atoms with Gasteiger partial charge in [0.2, 0.25) is 0 Å². The molecule has 0 unspecified atom stereocenters. The van der Waals surface area contributed by atoms with Gasteiger partial charge in [0.05, 0.1) is 6.20 Å². The number of nitrogens with zero attached hydrogens (tertiary/aromatic N) is 2. The topological polar surface area (TPSA) is 34.9 Å². The molecule has 0 amide bonds. The lowest BCUT2D eigenvalue weighted by molar-refractivity contribution is 0.0989. The molecule has 0 saturated heterocycles. The minimum absolute atomic E-state index is 0.126. The number of hydrogen-bond acceptors (Lipinski definition) is 2. The van der Waals surface area contributed by atoms with E-state index in [1.165, 1.54) is 5.56 Å². The smallest absolute Gasteiger partial charge is 0.185 e. The maximum absolute atomic E-state index is 11.9. The first-order valence-corrected chi connectivity index (χ1v) is 5.58. The third-order valence-corrected chi connectivity index (χ3v) is 3.01. The van der Waals surface area contributed by atoms with E-state index in [9.17, 15) is 4.79 Å². The Morgan fingerprint density at radius 3 is 2.71 bits per heavy atom. The van der Waals surface area contributed by atoms with E-state index in [-0.39, 0.29) is 5.78 Å². The number of aryl methyl sites for hydroxylation is 1. The van der Waals surface area contributed by atoms with Crippen LogP contribution >= 0.6 is 0 Å². The number of ketones is 1. The van der Waals surface area contributed by atoms with Gasteiger partial charge in [0.15, 0.2) is 5.78 Å². The van der Waals surface area contributed by atoms with Crippen molar-refractivity contribution in [3.63, 3.8) is 0 Å². The van der Waals surface area contributed by atoms with Crippen molar-refractivity contribution in [2.45, 2.75) is 13.3 Å². The van der Waals surface area contributed by atoms with Crippen molar-refractivity contribution in [3.05, 3.63) is 53.3 Å². The van der Waals surface area contributed by atoms with E-state index in [0.717, 1.165) is 11.1 Å². The van der Waals surface area contributed by atoms with E-state index in [0.29, 0.717) is 12.1 Å². The van der Waals surface area contributed by atoms with E-state index >= 15 is 0 Å². The molecule has 3 nitrogen and oxygen atoms in total. The van der Waals surface area contributed by atoms with Crippen molar-refractivity contribution < 1.29 is 4.79 Å². The molecule has 3 heteroatoms. The number of Topliss-reactive ketones (excluding diaryl/α,β-unsaturated/α-hetero) is 1. The lowest BCUT2D eigenvalue weighted by Crippen LogP contribution is -2.12. The largest absolute Gasteiger partial charge is 0.292 e. The summed E-state index contributed by atoms with van der Waals surface area (Å²) in [7, 11) is 0. The van der Waals surface area contributed by atoms with Crippen molar-refractivity contribution >= 4 is 17.6 Å². The van der Waals surface area contributed by atoms with E-state index in [4.69, 9.17) is 0 Å². The molecule has 17 heavy (non-hydrogen) atoms. The van der Waals surface area contributed by atoms with Crippen molar-refractivity contribution in [3.8, 4) is 0 Å². The second-order valence-corrected chi connectivity index (χ2v) is 4.28. The summed E-state index contributed by atoms with van der Waals surface area (Å²) < 4.78 is 1.65. The zero-order valence-electron chi connectivity index (χ0n) is 9.55. The molecule has 3 rings (SSSR count). The van der Waals surface area contributed by atoms with Crippen LogP contribution in [-0.2, 0) is 0 Å². The molecule has 1 aliphatic heterocycles. The maximum Gasteiger partial charge on any atom is 0.185 e. The van der Waals surface area contributed by atoms with E-state index < -0.39 is 0 Å². The Kier molecular flexibility index (Phi) is 2.18. The summed E-state index contributed by atoms with van der Waals surface area (Å²) in [4.78, 5) is 11.9. The fourth-order valence-electron chi connectivity index (χ4n) is 2.04. The fourth-order valence-corrected chi connectivity index (χ4v) is 2.04. The van der Waals surface area contributed by atoms with Crippen LogP contribution in [0.25, 0.3) is 11.8 Å². The number of benzene rings is 1. The van der Waals surface area contributed by atoms with Gasteiger partial charge in [0.25, 0.3) is 0 Å². The van der Waals surface area contributed by atoms with Crippen LogP contribution in [0.3, 0.4) is 0 Å². The van der Waals surface area contributed by atoms with E-state index in [2.05, 4.69) is 24.2 Å². The van der Waals surface area contributed by atoms with Crippen molar-refractivity contribution in [1.29, 1.82) is 0 Å². The summed E-state index contributed by atoms with van der Waals surface area (Å²) in [5.41, 5.74) is 3.99. The summed E-state index contributed by atoms with van der Waals surface area (Å²) >= 11 is 0. The third kappa shape index (κ3) is 1.69. The van der Waals surface area contributed by atoms with Crippen LogP contribution in [0.5, 0.6) is 0 Å². The first-order chi connectivity index (χ1) is 8.24. The number of allylic oxidation sites excluding steroid dienone is 1. The van der Waals surface area contributed by atoms with Crippen molar-refractivity contribution in [2.24, 2.45) is 0 Å². The standard InChI is InChI=1S/C14H12N2O/c1-10-2-4-11(5-3-10)12-8-14(17)13-6-7-15-16(13)9-12/h2-7,9H,8H2,1H3. The molecule has 2 aromatic rings. The Hall–Kier alpha value is -2.16. The first kappa shape index (κ1) is 10.0. The van der Waals surface area contributed by atoms with Crippen LogP contribution < -0.4 is 0 Å². The second-order valence-electron chi connectivity index (χ2n) is 4.28. The van der Waals surface area contributed by atoms with Gasteiger partial charge in [-0.15, -0.1) is 0 Å². The molecule has 0 bridgehead atoms. The molecular weight excluding hydrogens is 212 g/mol. The van der Waals surface area contributed by atoms with E-state index in [1.807, 2.05) is 18.3 Å². The van der Waals surface area contributed by atoms with Crippen molar-refractivity contribution in [2.75, 3.05) is 0 Å². The Labute approximate surface area is 99.4 Å². The summed E-state index contributed by atoms with van der Waals surface area (Å²) in [6.45, 7) is 2.05. The molecule has 2 heterocycles. The zero-order chi connectivity index (χ0) is 11.8. The maximum atomic E-state index is 11.9. The zero-order valence-corrected chi connectivity index (χ0v) is 9.55. The minimum Gasteiger partial charge on any atom is -0.292 e. The van der Waals surface area contributed by atoms with Gasteiger partial charge in [-0.25, -0.2) is 4.68 Å². The fraction of sp³-hybridized carbons (Fsp3) is 0.143. The molecule has 0 aliphatic carbocycles. The highest BCUT2D eigenvalue weighted by atomic mass is 16.1. The highest BCUT2D eigenvalue weighted by molar-refractivity contribution is 6.05. The lowest BCUT2D eigenvalue weighted by Gasteiger charge is -2.14. The summed E-state index contributed by atoms with van der Waals surface area (Å²) in [5.74, 6) is 0.126. The SMILES string of the molecule is Cc1ccc(C2=Cn3nccc3C(=O)C2)cc1. The van der Waals surface area contributed by atoms with Crippen LogP contribution in [0.4, 0.5) is 0 Å². The molecule has 84 valence electrons. The Balaban J connectivity index is 2.06. The number of aromatic nitrogens is 2. The summed E-state index contributed by atoms with van der Waals surface area (Å²) in [6, 6.07) is 9.95. The molecule has 0 spiro atoms. The minimum atomic E-state index is 0.126. The van der Waals surface area contributed by atoms with Gasteiger partial charge < -0.3 is 0 Å². The highest BCUT2D eigenvalue weighted by Crippen LogP contribution is 2.26. The van der Waals surface area contributed by atoms with Crippen molar-refractivity contribution in [1.82, 2.24) is 9.78 Å². The van der Waals surface area contributed by atoms with E-state index in [1.54, 1.807) is 16.9 Å². The van der Waals surface area contributed by atoms with Crippen LogP contribution in [-0.4, -0.2) is 15.6 Å².